The zero-order chi connectivity index (χ0) is 28.0. The van der Waals surface area contributed by atoms with Gasteiger partial charge in [-0.15, -0.1) is 0 Å². The third-order valence-electron chi connectivity index (χ3n) is 6.88. The molecular formula is C30H34F2N2O5. The highest BCUT2D eigenvalue weighted by atomic mass is 19.1. The van der Waals surface area contributed by atoms with Gasteiger partial charge in [0, 0.05) is 29.2 Å². The van der Waals surface area contributed by atoms with Gasteiger partial charge in [0.05, 0.1) is 41.0 Å². The van der Waals surface area contributed by atoms with Crippen molar-refractivity contribution in [1.82, 2.24) is 4.90 Å². The fraction of sp³-hybridized carbons (Fsp3) is 0.367. The lowest BCUT2D eigenvalue weighted by atomic mass is 9.85. The highest BCUT2D eigenvalue weighted by Crippen LogP contribution is 2.39. The van der Waals surface area contributed by atoms with Crippen LogP contribution in [0.15, 0.2) is 65.7 Å². The minimum absolute atomic E-state index is 0.0159. The molecule has 0 aromatic heterocycles. The molecular weight excluding hydrogens is 506 g/mol. The van der Waals surface area contributed by atoms with Crippen LogP contribution in [0.1, 0.15) is 28.7 Å². The summed E-state index contributed by atoms with van der Waals surface area (Å²) in [7, 11) is 4.73. The predicted molar refractivity (Wildman–Crippen MR) is 145 cm³/mol. The van der Waals surface area contributed by atoms with Crippen LogP contribution < -0.4 is 14.2 Å². The molecule has 7 nitrogen and oxygen atoms in total. The van der Waals surface area contributed by atoms with E-state index >= 15 is 0 Å². The summed E-state index contributed by atoms with van der Waals surface area (Å²) in [5.74, 6) is 1.31. The first-order chi connectivity index (χ1) is 18.9. The number of halogens is 2. The summed E-state index contributed by atoms with van der Waals surface area (Å²) in [5.41, 5.74) is 1.21. The van der Waals surface area contributed by atoms with E-state index in [9.17, 15) is 13.9 Å². The molecule has 1 aliphatic rings. The molecule has 4 rings (SSSR count). The van der Waals surface area contributed by atoms with Crippen molar-refractivity contribution in [2.75, 3.05) is 34.6 Å². The Balaban J connectivity index is 1.84. The standard InChI is InChI=1S/C30H34F2N2O5/c1-20-9-10-21(27(13-20)37-3)16-34(17-22-11-12-23(36-2)14-28(22)38-4)29-33-30(19-31,15-24(18-35)39-29)25-7-5-6-8-26(25)32/h5-14,24,35H,15-19H2,1-4H3/t24-,30+/m0/s1. The molecule has 39 heavy (non-hydrogen) atoms. The average Bonchev–Trinajstić information content (AvgIpc) is 2.97. The van der Waals surface area contributed by atoms with E-state index in [1.165, 1.54) is 12.1 Å². The van der Waals surface area contributed by atoms with Crippen molar-refractivity contribution in [2.24, 2.45) is 4.99 Å². The highest BCUT2D eigenvalue weighted by Gasteiger charge is 2.43. The molecule has 0 spiro atoms. The molecule has 0 fully saturated rings. The summed E-state index contributed by atoms with van der Waals surface area (Å²) in [5, 5.41) is 10.1. The van der Waals surface area contributed by atoms with Crippen LogP contribution >= 0.6 is 0 Å². The van der Waals surface area contributed by atoms with Crippen LogP contribution in [0.3, 0.4) is 0 Å². The fourth-order valence-corrected chi connectivity index (χ4v) is 4.80. The quantitative estimate of drug-likeness (QED) is 0.383. The molecule has 2 atom stereocenters. The number of alkyl halides is 1. The Morgan fingerprint density at radius 2 is 1.64 bits per heavy atom. The summed E-state index contributed by atoms with van der Waals surface area (Å²) < 4.78 is 52.5. The van der Waals surface area contributed by atoms with Gasteiger partial charge in [-0.25, -0.2) is 13.8 Å². The summed E-state index contributed by atoms with van der Waals surface area (Å²) in [4.78, 5) is 6.51. The first kappa shape index (κ1) is 28.2. The maximum atomic E-state index is 15.0. The Bertz CT molecular complexity index is 1320. The van der Waals surface area contributed by atoms with Crippen molar-refractivity contribution in [1.29, 1.82) is 0 Å². The zero-order valence-corrected chi connectivity index (χ0v) is 22.6. The molecule has 0 amide bonds. The van der Waals surface area contributed by atoms with E-state index in [4.69, 9.17) is 23.9 Å². The lowest BCUT2D eigenvalue weighted by Crippen LogP contribution is -2.46. The molecule has 3 aromatic rings. The zero-order valence-electron chi connectivity index (χ0n) is 22.6. The molecule has 0 saturated carbocycles. The van der Waals surface area contributed by atoms with Crippen molar-refractivity contribution in [3.8, 4) is 17.2 Å². The molecule has 0 bridgehead atoms. The summed E-state index contributed by atoms with van der Waals surface area (Å²) in [6.45, 7) is 1.14. The number of hydrogen-bond acceptors (Lipinski definition) is 7. The van der Waals surface area contributed by atoms with E-state index in [1.54, 1.807) is 39.5 Å². The van der Waals surface area contributed by atoms with Crippen molar-refractivity contribution in [3.05, 3.63) is 88.7 Å². The van der Waals surface area contributed by atoms with E-state index in [2.05, 4.69) is 0 Å². The van der Waals surface area contributed by atoms with Gasteiger partial charge in [0.2, 0.25) is 0 Å². The Hall–Kier alpha value is -3.85. The number of amidine groups is 1. The van der Waals surface area contributed by atoms with Gasteiger partial charge in [-0.1, -0.05) is 30.3 Å². The second-order valence-electron chi connectivity index (χ2n) is 9.52. The Kier molecular flexibility index (Phi) is 8.91. The molecule has 0 radical (unpaired) electrons. The second-order valence-corrected chi connectivity index (χ2v) is 9.52. The van der Waals surface area contributed by atoms with Crippen molar-refractivity contribution in [3.63, 3.8) is 0 Å². The minimum atomic E-state index is -1.56. The molecule has 0 unspecified atom stereocenters. The van der Waals surface area contributed by atoms with Gasteiger partial charge in [-0.2, -0.15) is 0 Å². The molecule has 0 aliphatic carbocycles. The summed E-state index contributed by atoms with van der Waals surface area (Å²) >= 11 is 0. The van der Waals surface area contributed by atoms with E-state index in [-0.39, 0.29) is 37.7 Å². The molecule has 208 valence electrons. The number of ether oxygens (including phenoxy) is 4. The molecule has 3 aromatic carbocycles. The van der Waals surface area contributed by atoms with Gasteiger partial charge in [-0.05, 0) is 36.8 Å². The highest BCUT2D eigenvalue weighted by molar-refractivity contribution is 5.76. The van der Waals surface area contributed by atoms with Gasteiger partial charge in [0.1, 0.15) is 41.4 Å². The normalized spacial score (nSPS) is 18.6. The number of aliphatic hydroxyl groups is 1. The Morgan fingerprint density at radius 1 is 0.974 bits per heavy atom. The number of benzene rings is 3. The Labute approximate surface area is 227 Å². The lowest BCUT2D eigenvalue weighted by molar-refractivity contribution is 0.0314. The number of rotatable bonds is 10. The van der Waals surface area contributed by atoms with Crippen molar-refractivity contribution >= 4 is 6.02 Å². The number of aliphatic imine (C=N–C) groups is 1. The van der Waals surface area contributed by atoms with Crippen LogP contribution in [0.2, 0.25) is 0 Å². The molecule has 0 saturated heterocycles. The third-order valence-corrected chi connectivity index (χ3v) is 6.88. The maximum Gasteiger partial charge on any atom is 0.289 e. The molecule has 1 aliphatic heterocycles. The first-order valence-electron chi connectivity index (χ1n) is 12.6. The van der Waals surface area contributed by atoms with E-state index in [0.29, 0.717) is 17.2 Å². The molecule has 1 N–H and O–H groups in total. The maximum absolute atomic E-state index is 15.0. The number of methoxy groups -OCH3 is 3. The lowest BCUT2D eigenvalue weighted by Gasteiger charge is -2.39. The molecule has 1 heterocycles. The monoisotopic (exact) mass is 540 g/mol. The third kappa shape index (κ3) is 6.09. The van der Waals surface area contributed by atoms with Gasteiger partial charge < -0.3 is 29.0 Å². The van der Waals surface area contributed by atoms with Crippen molar-refractivity contribution in [2.45, 2.75) is 38.1 Å². The summed E-state index contributed by atoms with van der Waals surface area (Å²) in [6.07, 6.45) is -0.814. The fourth-order valence-electron chi connectivity index (χ4n) is 4.80. The number of aryl methyl sites for hydroxylation is 1. The van der Waals surface area contributed by atoms with Gasteiger partial charge in [-0.3, -0.25) is 0 Å². The Morgan fingerprint density at radius 3 is 2.26 bits per heavy atom. The van der Waals surface area contributed by atoms with Crippen LogP contribution in [-0.4, -0.2) is 56.7 Å². The SMILES string of the molecule is COc1ccc(CN(Cc2ccc(C)cc2OC)C2=N[C@](CF)(c3ccccc3F)C[C@@H](CO)O2)c(OC)c1. The van der Waals surface area contributed by atoms with Gasteiger partial charge in [0.25, 0.3) is 6.02 Å². The van der Waals surface area contributed by atoms with Crippen LogP contribution in [0.5, 0.6) is 17.2 Å². The minimum Gasteiger partial charge on any atom is -0.497 e. The van der Waals surface area contributed by atoms with Crippen molar-refractivity contribution < 1.29 is 32.8 Å². The van der Waals surface area contributed by atoms with E-state index in [0.717, 1.165) is 16.7 Å². The van der Waals surface area contributed by atoms with Gasteiger partial charge in [0.15, 0.2) is 0 Å². The predicted octanol–water partition coefficient (Wildman–Crippen LogP) is 5.16. The largest absolute Gasteiger partial charge is 0.497 e. The second kappa shape index (κ2) is 12.3. The molecule has 9 heteroatoms. The van der Waals surface area contributed by atoms with E-state index in [1.807, 2.05) is 42.2 Å². The number of aliphatic hydroxyl groups excluding tert-OH is 1. The van der Waals surface area contributed by atoms with Crippen LogP contribution in [0.4, 0.5) is 8.78 Å². The van der Waals surface area contributed by atoms with Crippen LogP contribution in [-0.2, 0) is 23.4 Å². The van der Waals surface area contributed by atoms with Crippen LogP contribution in [0.25, 0.3) is 0 Å². The summed E-state index contributed by atoms with van der Waals surface area (Å²) in [6, 6.07) is 17.4. The van der Waals surface area contributed by atoms with Gasteiger partial charge >= 0.3 is 0 Å². The first-order valence-corrected chi connectivity index (χ1v) is 12.6. The number of hydrogen-bond donors (Lipinski definition) is 1. The average molecular weight is 541 g/mol. The van der Waals surface area contributed by atoms with E-state index < -0.39 is 24.1 Å². The topological polar surface area (TPSA) is 72.8 Å². The van der Waals surface area contributed by atoms with Crippen LogP contribution in [0, 0.1) is 12.7 Å². The number of nitrogens with zero attached hydrogens (tertiary/aromatic N) is 2. The smallest absolute Gasteiger partial charge is 0.289 e.